The monoisotopic (exact) mass is 338 g/mol. The number of piperidine rings is 1. The lowest BCUT2D eigenvalue weighted by molar-refractivity contribution is 0.0945. The summed E-state index contributed by atoms with van der Waals surface area (Å²) < 4.78 is 39.6. The standard InChI is InChI=1S/C14H17F3N2O2.ClH/c15-10-6-9(11(16)13(20)12(10)17)14(21)19-5-3-8-2-1-4-18-7-8;/h6,8,18,20H,1-5,7H2,(H,19,21);1H. The molecule has 0 bridgehead atoms. The van der Waals surface area contributed by atoms with Crippen molar-refractivity contribution in [3.63, 3.8) is 0 Å². The molecule has 3 N–H and O–H groups in total. The predicted molar refractivity (Wildman–Crippen MR) is 77.8 cm³/mol. The second-order valence-corrected chi connectivity index (χ2v) is 5.14. The van der Waals surface area contributed by atoms with Crippen LogP contribution in [0.3, 0.4) is 0 Å². The zero-order valence-electron chi connectivity index (χ0n) is 11.8. The minimum absolute atomic E-state index is 0. The van der Waals surface area contributed by atoms with Gasteiger partial charge in [0.15, 0.2) is 17.4 Å². The van der Waals surface area contributed by atoms with Crippen LogP contribution in [0.5, 0.6) is 5.75 Å². The maximum absolute atomic E-state index is 13.5. The zero-order valence-corrected chi connectivity index (χ0v) is 12.6. The predicted octanol–water partition coefficient (Wildman–Crippen LogP) is 2.35. The number of carbonyl (C=O) groups is 1. The third kappa shape index (κ3) is 4.27. The average Bonchev–Trinajstić information content (AvgIpc) is 2.49. The number of carbonyl (C=O) groups excluding carboxylic acids is 1. The number of aromatic hydroxyl groups is 1. The van der Waals surface area contributed by atoms with Crippen LogP contribution in [-0.2, 0) is 0 Å². The number of phenols is 1. The highest BCUT2D eigenvalue weighted by Crippen LogP contribution is 2.25. The molecule has 2 rings (SSSR count). The van der Waals surface area contributed by atoms with Gasteiger partial charge in [0.2, 0.25) is 5.82 Å². The van der Waals surface area contributed by atoms with Crippen LogP contribution >= 0.6 is 12.4 Å². The summed E-state index contributed by atoms with van der Waals surface area (Å²) in [6.45, 7) is 2.17. The van der Waals surface area contributed by atoms with Crippen LogP contribution in [0.15, 0.2) is 6.07 Å². The fourth-order valence-electron chi connectivity index (χ4n) is 2.41. The number of nitrogens with one attached hydrogen (secondary N) is 2. The molecule has 4 nitrogen and oxygen atoms in total. The Hall–Kier alpha value is -1.47. The third-order valence-electron chi connectivity index (χ3n) is 3.61. The SMILES string of the molecule is Cl.O=C(NCCC1CCCNC1)c1cc(F)c(F)c(O)c1F. The van der Waals surface area contributed by atoms with Crippen LogP contribution in [0.2, 0.25) is 0 Å². The highest BCUT2D eigenvalue weighted by atomic mass is 35.5. The van der Waals surface area contributed by atoms with Gasteiger partial charge >= 0.3 is 0 Å². The van der Waals surface area contributed by atoms with E-state index in [0.29, 0.717) is 18.5 Å². The Morgan fingerprint density at radius 3 is 2.73 bits per heavy atom. The summed E-state index contributed by atoms with van der Waals surface area (Å²) in [7, 11) is 0. The van der Waals surface area contributed by atoms with E-state index in [-0.39, 0.29) is 12.4 Å². The Morgan fingerprint density at radius 2 is 2.09 bits per heavy atom. The fourth-order valence-corrected chi connectivity index (χ4v) is 2.41. The largest absolute Gasteiger partial charge is 0.503 e. The Kier molecular flexibility index (Phi) is 6.96. The van der Waals surface area contributed by atoms with Crippen LogP contribution in [-0.4, -0.2) is 30.6 Å². The molecule has 1 atom stereocenters. The quantitative estimate of drug-likeness (QED) is 0.739. The number of rotatable bonds is 4. The molecule has 1 fully saturated rings. The molecule has 0 saturated carbocycles. The Morgan fingerprint density at radius 1 is 1.36 bits per heavy atom. The second-order valence-electron chi connectivity index (χ2n) is 5.14. The van der Waals surface area contributed by atoms with Gasteiger partial charge in [0, 0.05) is 6.54 Å². The van der Waals surface area contributed by atoms with Crippen LogP contribution in [0.1, 0.15) is 29.6 Å². The molecule has 1 saturated heterocycles. The number of amides is 1. The Balaban J connectivity index is 0.00000242. The number of benzene rings is 1. The topological polar surface area (TPSA) is 61.4 Å². The molecule has 8 heteroatoms. The smallest absolute Gasteiger partial charge is 0.254 e. The summed E-state index contributed by atoms with van der Waals surface area (Å²) in [5.41, 5.74) is -0.701. The van der Waals surface area contributed by atoms with E-state index in [9.17, 15) is 18.0 Å². The van der Waals surface area contributed by atoms with Crippen molar-refractivity contribution in [3.8, 4) is 5.75 Å². The van der Waals surface area contributed by atoms with Gasteiger partial charge in [0.25, 0.3) is 5.91 Å². The molecule has 1 aromatic rings. The van der Waals surface area contributed by atoms with Crippen molar-refractivity contribution in [1.29, 1.82) is 0 Å². The summed E-state index contributed by atoms with van der Waals surface area (Å²) >= 11 is 0. The van der Waals surface area contributed by atoms with E-state index in [0.717, 1.165) is 32.4 Å². The zero-order chi connectivity index (χ0) is 15.4. The maximum atomic E-state index is 13.5. The first kappa shape index (κ1) is 18.6. The van der Waals surface area contributed by atoms with E-state index >= 15 is 0 Å². The van der Waals surface area contributed by atoms with Crippen molar-refractivity contribution in [2.24, 2.45) is 5.92 Å². The van der Waals surface area contributed by atoms with E-state index in [2.05, 4.69) is 10.6 Å². The molecule has 22 heavy (non-hydrogen) atoms. The number of hydrogen-bond donors (Lipinski definition) is 3. The molecular weight excluding hydrogens is 321 g/mol. The molecule has 124 valence electrons. The minimum atomic E-state index is -1.70. The van der Waals surface area contributed by atoms with Crippen molar-refractivity contribution in [2.75, 3.05) is 19.6 Å². The normalized spacial score (nSPS) is 17.7. The maximum Gasteiger partial charge on any atom is 0.254 e. The van der Waals surface area contributed by atoms with Gasteiger partial charge in [-0.2, -0.15) is 4.39 Å². The van der Waals surface area contributed by atoms with E-state index in [1.54, 1.807) is 0 Å². The molecule has 1 aromatic carbocycles. The van der Waals surface area contributed by atoms with Crippen molar-refractivity contribution in [1.82, 2.24) is 10.6 Å². The first-order chi connectivity index (χ1) is 10.0. The van der Waals surface area contributed by atoms with Crippen LogP contribution < -0.4 is 10.6 Å². The van der Waals surface area contributed by atoms with Crippen molar-refractivity contribution < 1.29 is 23.1 Å². The Labute approximate surface area is 132 Å². The van der Waals surface area contributed by atoms with Crippen molar-refractivity contribution in [2.45, 2.75) is 19.3 Å². The van der Waals surface area contributed by atoms with E-state index in [1.807, 2.05) is 0 Å². The second kappa shape index (κ2) is 8.24. The van der Waals surface area contributed by atoms with Gasteiger partial charge in [-0.15, -0.1) is 12.4 Å². The fraction of sp³-hybridized carbons (Fsp3) is 0.500. The molecule has 1 unspecified atom stereocenters. The van der Waals surface area contributed by atoms with Gasteiger partial charge in [0.1, 0.15) is 0 Å². The number of hydrogen-bond acceptors (Lipinski definition) is 3. The highest BCUT2D eigenvalue weighted by molar-refractivity contribution is 5.94. The van der Waals surface area contributed by atoms with Gasteiger partial charge in [-0.3, -0.25) is 4.79 Å². The first-order valence-electron chi connectivity index (χ1n) is 6.86. The van der Waals surface area contributed by atoms with E-state index in [4.69, 9.17) is 5.11 Å². The molecule has 1 heterocycles. The average molecular weight is 339 g/mol. The molecule has 1 amide bonds. The molecule has 0 spiro atoms. The molecular formula is C14H18ClF3N2O2. The van der Waals surface area contributed by atoms with Gasteiger partial charge < -0.3 is 15.7 Å². The van der Waals surface area contributed by atoms with Crippen LogP contribution in [0, 0.1) is 23.4 Å². The molecule has 1 aliphatic heterocycles. The third-order valence-corrected chi connectivity index (χ3v) is 3.61. The van der Waals surface area contributed by atoms with Crippen molar-refractivity contribution in [3.05, 3.63) is 29.1 Å². The van der Waals surface area contributed by atoms with Crippen LogP contribution in [0.4, 0.5) is 13.2 Å². The lowest BCUT2D eigenvalue weighted by Gasteiger charge is -2.22. The summed E-state index contributed by atoms with van der Waals surface area (Å²) in [4.78, 5) is 11.8. The van der Waals surface area contributed by atoms with Gasteiger partial charge in [-0.05, 0) is 44.3 Å². The van der Waals surface area contributed by atoms with Gasteiger partial charge in [-0.1, -0.05) is 0 Å². The number of halogens is 4. The van der Waals surface area contributed by atoms with Crippen LogP contribution in [0.25, 0.3) is 0 Å². The van der Waals surface area contributed by atoms with E-state index in [1.165, 1.54) is 0 Å². The first-order valence-corrected chi connectivity index (χ1v) is 6.86. The summed E-state index contributed by atoms with van der Waals surface area (Å²) in [5, 5.41) is 14.8. The highest BCUT2D eigenvalue weighted by Gasteiger charge is 2.22. The number of phenolic OH excluding ortho intramolecular Hbond substituents is 1. The van der Waals surface area contributed by atoms with Gasteiger partial charge in [0.05, 0.1) is 5.56 Å². The minimum Gasteiger partial charge on any atom is -0.503 e. The summed E-state index contributed by atoms with van der Waals surface area (Å²) in [6, 6.07) is 0.446. The molecule has 0 radical (unpaired) electrons. The molecule has 0 aromatic heterocycles. The lowest BCUT2D eigenvalue weighted by atomic mass is 9.96. The summed E-state index contributed by atoms with van der Waals surface area (Å²) in [5.74, 6) is -6.53. The van der Waals surface area contributed by atoms with E-state index < -0.39 is 34.7 Å². The molecule has 0 aliphatic carbocycles. The lowest BCUT2D eigenvalue weighted by Crippen LogP contribution is -2.33. The van der Waals surface area contributed by atoms with Crippen molar-refractivity contribution >= 4 is 18.3 Å². The molecule has 1 aliphatic rings. The van der Waals surface area contributed by atoms with Gasteiger partial charge in [-0.25, -0.2) is 8.78 Å². The Bertz CT molecular complexity index is 537. The summed E-state index contributed by atoms with van der Waals surface area (Å²) in [6.07, 6.45) is 2.85.